The molecule has 0 saturated carbocycles. The number of aromatic carboxylic acids is 1. The Morgan fingerprint density at radius 1 is 1.35 bits per heavy atom. The van der Waals surface area contributed by atoms with Crippen molar-refractivity contribution in [1.29, 1.82) is 0 Å². The third-order valence-corrected chi connectivity index (χ3v) is 4.98. The van der Waals surface area contributed by atoms with E-state index in [0.717, 1.165) is 28.1 Å². The van der Waals surface area contributed by atoms with E-state index < -0.39 is 5.97 Å². The zero-order chi connectivity index (χ0) is 16.0. The Bertz CT molecular complexity index is 997. The van der Waals surface area contributed by atoms with Gasteiger partial charge >= 0.3 is 5.97 Å². The van der Waals surface area contributed by atoms with Gasteiger partial charge in [-0.1, -0.05) is 35.9 Å². The van der Waals surface area contributed by atoms with Gasteiger partial charge in [0, 0.05) is 20.7 Å². The summed E-state index contributed by atoms with van der Waals surface area (Å²) in [6, 6.07) is 7.37. The van der Waals surface area contributed by atoms with Crippen LogP contribution in [0.3, 0.4) is 0 Å². The topological polar surface area (TPSA) is 55.1 Å². The van der Waals surface area contributed by atoms with Crippen molar-refractivity contribution in [2.45, 2.75) is 6.42 Å². The molecule has 0 saturated heterocycles. The van der Waals surface area contributed by atoms with Crippen molar-refractivity contribution in [3.63, 3.8) is 0 Å². The number of hydrogen-bond acceptors (Lipinski definition) is 3. The Labute approximate surface area is 140 Å². The summed E-state index contributed by atoms with van der Waals surface area (Å²) < 4.78 is 1.72. The van der Waals surface area contributed by atoms with Crippen molar-refractivity contribution in [2.24, 2.45) is 0 Å². The number of allylic oxidation sites excluding steroid dienone is 3. The second-order valence-electron chi connectivity index (χ2n) is 5.18. The molecule has 0 unspecified atom stereocenters. The first-order chi connectivity index (χ1) is 11.1. The average molecular weight is 343 g/mol. The van der Waals surface area contributed by atoms with E-state index in [0.29, 0.717) is 10.4 Å². The fraction of sp³-hybridized carbons (Fsp3) is 0.0588. The molecule has 2 heterocycles. The number of aromatic nitrogens is 2. The quantitative estimate of drug-likeness (QED) is 0.747. The standard InChI is InChI=1S/C17H11ClN2O2S/c18-10-4-3-6-11-14(9-23-15(11)8-10)20-13-7-2-1-5-12(13)16(19-20)17(21)22/h1-5,7-9H,6H2,(H,21,22). The van der Waals surface area contributed by atoms with Crippen LogP contribution in [-0.2, 0) is 6.42 Å². The zero-order valence-electron chi connectivity index (χ0n) is 11.9. The number of benzene rings is 1. The molecule has 1 aliphatic carbocycles. The highest BCUT2D eigenvalue weighted by atomic mass is 35.5. The Balaban J connectivity index is 1.98. The van der Waals surface area contributed by atoms with Crippen LogP contribution in [0.25, 0.3) is 22.7 Å². The highest BCUT2D eigenvalue weighted by molar-refractivity contribution is 7.11. The number of thiophene rings is 1. The van der Waals surface area contributed by atoms with E-state index >= 15 is 0 Å². The van der Waals surface area contributed by atoms with Crippen molar-refractivity contribution in [3.8, 4) is 5.69 Å². The van der Waals surface area contributed by atoms with Gasteiger partial charge in [0.2, 0.25) is 0 Å². The number of halogens is 1. The molecule has 1 aliphatic rings. The molecule has 0 atom stereocenters. The monoisotopic (exact) mass is 342 g/mol. The van der Waals surface area contributed by atoms with Crippen LogP contribution in [-0.4, -0.2) is 20.9 Å². The molecule has 0 fully saturated rings. The van der Waals surface area contributed by atoms with Crippen molar-refractivity contribution in [1.82, 2.24) is 9.78 Å². The molecular weight excluding hydrogens is 332 g/mol. The molecule has 0 amide bonds. The molecule has 2 aromatic heterocycles. The zero-order valence-corrected chi connectivity index (χ0v) is 13.4. The van der Waals surface area contributed by atoms with Crippen LogP contribution in [0, 0.1) is 0 Å². The lowest BCUT2D eigenvalue weighted by Gasteiger charge is -2.04. The second-order valence-corrected chi connectivity index (χ2v) is 6.53. The van der Waals surface area contributed by atoms with Crippen molar-refractivity contribution in [2.75, 3.05) is 0 Å². The summed E-state index contributed by atoms with van der Waals surface area (Å²) in [6.07, 6.45) is 6.54. The minimum absolute atomic E-state index is 0.0679. The molecule has 0 aliphatic heterocycles. The van der Waals surface area contributed by atoms with Gasteiger partial charge in [-0.3, -0.25) is 0 Å². The van der Waals surface area contributed by atoms with Crippen LogP contribution in [0.15, 0.2) is 46.8 Å². The summed E-state index contributed by atoms with van der Waals surface area (Å²) in [5.74, 6) is -1.02. The number of fused-ring (bicyclic) bond motifs is 2. The van der Waals surface area contributed by atoms with Gasteiger partial charge < -0.3 is 5.11 Å². The number of para-hydroxylation sites is 1. The fourth-order valence-electron chi connectivity index (χ4n) is 2.76. The SMILES string of the molecule is O=C(O)c1nn(-c2csc3c2CC=CC(Cl)=C3)c2ccccc12. The van der Waals surface area contributed by atoms with Gasteiger partial charge in [-0.2, -0.15) is 5.10 Å². The Hall–Kier alpha value is -2.37. The summed E-state index contributed by atoms with van der Waals surface area (Å²) in [7, 11) is 0. The van der Waals surface area contributed by atoms with Crippen LogP contribution in [0.1, 0.15) is 20.9 Å². The van der Waals surface area contributed by atoms with E-state index in [1.807, 2.05) is 41.8 Å². The number of rotatable bonds is 2. The average Bonchev–Trinajstić information content (AvgIpc) is 3.04. The van der Waals surface area contributed by atoms with Crippen LogP contribution < -0.4 is 0 Å². The van der Waals surface area contributed by atoms with Crippen molar-refractivity contribution in [3.05, 3.63) is 63.0 Å². The van der Waals surface area contributed by atoms with Gasteiger partial charge in [0.25, 0.3) is 0 Å². The molecule has 3 aromatic rings. The molecule has 4 nitrogen and oxygen atoms in total. The fourth-order valence-corrected chi connectivity index (χ4v) is 4.03. The highest BCUT2D eigenvalue weighted by Crippen LogP contribution is 2.33. The lowest BCUT2D eigenvalue weighted by atomic mass is 10.1. The van der Waals surface area contributed by atoms with E-state index in [-0.39, 0.29) is 5.69 Å². The first kappa shape index (κ1) is 14.2. The van der Waals surface area contributed by atoms with Crippen LogP contribution in [0.2, 0.25) is 0 Å². The minimum Gasteiger partial charge on any atom is -0.476 e. The second kappa shape index (κ2) is 5.37. The van der Waals surface area contributed by atoms with Crippen LogP contribution in [0.4, 0.5) is 0 Å². The normalized spacial score (nSPS) is 13.7. The maximum absolute atomic E-state index is 11.5. The van der Waals surface area contributed by atoms with Gasteiger partial charge in [0.1, 0.15) is 0 Å². The van der Waals surface area contributed by atoms with Crippen LogP contribution in [0.5, 0.6) is 0 Å². The van der Waals surface area contributed by atoms with Crippen LogP contribution >= 0.6 is 22.9 Å². The molecular formula is C17H11ClN2O2S. The largest absolute Gasteiger partial charge is 0.476 e. The maximum atomic E-state index is 11.5. The molecule has 4 rings (SSSR count). The number of hydrogen-bond donors (Lipinski definition) is 1. The third-order valence-electron chi connectivity index (χ3n) is 3.79. The third kappa shape index (κ3) is 2.29. The van der Waals surface area contributed by atoms with E-state index in [9.17, 15) is 9.90 Å². The first-order valence-electron chi connectivity index (χ1n) is 7.00. The van der Waals surface area contributed by atoms with E-state index in [1.54, 1.807) is 22.1 Å². The summed E-state index contributed by atoms with van der Waals surface area (Å²) in [4.78, 5) is 12.5. The Morgan fingerprint density at radius 2 is 2.17 bits per heavy atom. The lowest BCUT2D eigenvalue weighted by molar-refractivity contribution is 0.0692. The van der Waals surface area contributed by atoms with E-state index in [2.05, 4.69) is 5.10 Å². The lowest BCUT2D eigenvalue weighted by Crippen LogP contribution is -2.02. The maximum Gasteiger partial charge on any atom is 0.357 e. The first-order valence-corrected chi connectivity index (χ1v) is 8.26. The van der Waals surface area contributed by atoms with E-state index in [4.69, 9.17) is 11.6 Å². The molecule has 0 spiro atoms. The van der Waals surface area contributed by atoms with Gasteiger partial charge in [-0.15, -0.1) is 11.3 Å². The van der Waals surface area contributed by atoms with Gasteiger partial charge in [0.15, 0.2) is 5.69 Å². The minimum atomic E-state index is -1.02. The summed E-state index contributed by atoms with van der Waals surface area (Å²) >= 11 is 7.71. The highest BCUT2D eigenvalue weighted by Gasteiger charge is 2.20. The Kier molecular flexibility index (Phi) is 3.32. The molecule has 0 bridgehead atoms. The predicted octanol–water partition coefficient (Wildman–Crippen LogP) is 4.48. The molecule has 1 aromatic carbocycles. The number of carbonyl (C=O) groups is 1. The molecule has 6 heteroatoms. The van der Waals surface area contributed by atoms with Gasteiger partial charge in [-0.05, 0) is 30.2 Å². The smallest absolute Gasteiger partial charge is 0.357 e. The molecule has 1 N–H and O–H groups in total. The summed E-state index contributed by atoms with van der Waals surface area (Å²) in [6.45, 7) is 0. The van der Waals surface area contributed by atoms with Crippen molar-refractivity contribution < 1.29 is 9.90 Å². The summed E-state index contributed by atoms with van der Waals surface area (Å²) in [5, 5.41) is 17.1. The molecule has 23 heavy (non-hydrogen) atoms. The molecule has 114 valence electrons. The Morgan fingerprint density at radius 3 is 3.00 bits per heavy atom. The van der Waals surface area contributed by atoms with Gasteiger partial charge in [0.05, 0.1) is 11.2 Å². The molecule has 0 radical (unpaired) electrons. The van der Waals surface area contributed by atoms with E-state index in [1.165, 1.54) is 0 Å². The number of carboxylic acids is 1. The van der Waals surface area contributed by atoms with Gasteiger partial charge in [-0.25, -0.2) is 9.48 Å². The number of nitrogens with zero attached hydrogens (tertiary/aromatic N) is 2. The van der Waals surface area contributed by atoms with Crippen molar-refractivity contribution >= 4 is 45.9 Å². The predicted molar refractivity (Wildman–Crippen MR) is 92.6 cm³/mol. The summed E-state index contributed by atoms with van der Waals surface area (Å²) in [5.41, 5.74) is 2.86. The number of carboxylic acid groups (broad SMARTS) is 1.